The molecule has 0 aromatic rings. The summed E-state index contributed by atoms with van der Waals surface area (Å²) in [6, 6.07) is 0.243. The van der Waals surface area contributed by atoms with Gasteiger partial charge < -0.3 is 20.9 Å². The third-order valence-corrected chi connectivity index (χ3v) is 6.83. The Morgan fingerprint density at radius 3 is 2.12 bits per heavy atom. The Kier molecular flexibility index (Phi) is 14.7. The van der Waals surface area contributed by atoms with E-state index in [4.69, 9.17) is 10.5 Å². The minimum Gasteiger partial charge on any atom is -0.463 e. The number of carbonyl (C=O) groups is 1. The molecule has 1 aliphatic carbocycles. The SMILES string of the molecule is CCCCCCCCCCCCCC(=O)OCC(O)CNCC1(C)CC(N)CC(C)(C)C1. The molecular formula is C27H54N2O3. The standard InChI is InChI=1S/C27H54N2O3/c1-5-6-7-8-9-10-11-12-13-14-15-16-25(31)32-20-24(30)19-29-22-27(4)18-23(28)17-26(2,3)21-27/h23-24,29-30H,5-22,28H2,1-4H3. The van der Waals surface area contributed by atoms with Gasteiger partial charge in [0.05, 0.1) is 0 Å². The van der Waals surface area contributed by atoms with E-state index in [9.17, 15) is 9.90 Å². The van der Waals surface area contributed by atoms with Gasteiger partial charge in [-0.1, -0.05) is 91.9 Å². The van der Waals surface area contributed by atoms with Crippen molar-refractivity contribution in [3.63, 3.8) is 0 Å². The molecule has 0 amide bonds. The van der Waals surface area contributed by atoms with E-state index >= 15 is 0 Å². The van der Waals surface area contributed by atoms with Crippen LogP contribution in [0.5, 0.6) is 0 Å². The van der Waals surface area contributed by atoms with Gasteiger partial charge in [0.15, 0.2) is 0 Å². The number of nitrogens with one attached hydrogen (secondary N) is 1. The van der Waals surface area contributed by atoms with E-state index in [0.29, 0.717) is 13.0 Å². The molecule has 0 aliphatic heterocycles. The van der Waals surface area contributed by atoms with Crippen molar-refractivity contribution in [3.8, 4) is 0 Å². The molecule has 0 bridgehead atoms. The summed E-state index contributed by atoms with van der Waals surface area (Å²) in [4.78, 5) is 11.9. The van der Waals surface area contributed by atoms with E-state index in [1.807, 2.05) is 0 Å². The highest BCUT2D eigenvalue weighted by Crippen LogP contribution is 2.45. The van der Waals surface area contributed by atoms with Gasteiger partial charge in [0.25, 0.3) is 0 Å². The Morgan fingerprint density at radius 1 is 1.00 bits per heavy atom. The minimum atomic E-state index is -0.662. The Morgan fingerprint density at radius 2 is 1.56 bits per heavy atom. The van der Waals surface area contributed by atoms with E-state index < -0.39 is 6.10 Å². The monoisotopic (exact) mass is 454 g/mol. The molecule has 0 radical (unpaired) electrons. The molecular weight excluding hydrogens is 400 g/mol. The average molecular weight is 455 g/mol. The fraction of sp³-hybridized carbons (Fsp3) is 0.963. The minimum absolute atomic E-state index is 0.0750. The molecule has 0 heterocycles. The van der Waals surface area contributed by atoms with Crippen LogP contribution in [0.3, 0.4) is 0 Å². The molecule has 32 heavy (non-hydrogen) atoms. The number of aliphatic hydroxyl groups excluding tert-OH is 1. The largest absolute Gasteiger partial charge is 0.463 e. The molecule has 1 rings (SSSR count). The summed E-state index contributed by atoms with van der Waals surface area (Å²) in [6.07, 6.45) is 16.9. The van der Waals surface area contributed by atoms with Crippen LogP contribution in [0.1, 0.15) is 124 Å². The topological polar surface area (TPSA) is 84.6 Å². The number of rotatable bonds is 18. The fourth-order valence-electron chi connectivity index (χ4n) is 5.64. The van der Waals surface area contributed by atoms with E-state index in [0.717, 1.165) is 38.6 Å². The van der Waals surface area contributed by atoms with Crippen LogP contribution >= 0.6 is 0 Å². The van der Waals surface area contributed by atoms with Crippen molar-refractivity contribution in [3.05, 3.63) is 0 Å². The first-order valence-electron chi connectivity index (χ1n) is 13.5. The highest BCUT2D eigenvalue weighted by Gasteiger charge is 2.39. The molecule has 0 saturated heterocycles. The second-order valence-corrected chi connectivity index (χ2v) is 11.6. The zero-order valence-electron chi connectivity index (χ0n) is 21.7. The third kappa shape index (κ3) is 14.5. The molecule has 1 saturated carbocycles. The van der Waals surface area contributed by atoms with Crippen molar-refractivity contribution >= 4 is 5.97 Å². The zero-order chi connectivity index (χ0) is 23.9. The summed E-state index contributed by atoms with van der Waals surface area (Å²) in [5.74, 6) is -0.188. The predicted molar refractivity (Wildman–Crippen MR) is 135 cm³/mol. The molecule has 3 unspecified atom stereocenters. The maximum atomic E-state index is 11.9. The van der Waals surface area contributed by atoms with Gasteiger partial charge in [0, 0.05) is 25.6 Å². The molecule has 0 spiro atoms. The molecule has 0 aromatic heterocycles. The Bertz CT molecular complexity index is 497. The molecule has 190 valence electrons. The molecule has 0 aromatic carbocycles. The van der Waals surface area contributed by atoms with Crippen LogP contribution in [0.15, 0.2) is 0 Å². The molecule has 5 nitrogen and oxygen atoms in total. The second-order valence-electron chi connectivity index (χ2n) is 11.6. The fourth-order valence-corrected chi connectivity index (χ4v) is 5.64. The number of hydrogen-bond donors (Lipinski definition) is 3. The molecule has 1 aliphatic rings. The van der Waals surface area contributed by atoms with Crippen molar-refractivity contribution in [1.29, 1.82) is 0 Å². The number of ether oxygens (including phenoxy) is 1. The Labute approximate surface area is 198 Å². The van der Waals surface area contributed by atoms with E-state index in [1.165, 1.54) is 57.8 Å². The normalized spacial score (nSPS) is 23.8. The van der Waals surface area contributed by atoms with Crippen LogP contribution in [0.4, 0.5) is 0 Å². The first kappa shape index (κ1) is 29.4. The van der Waals surface area contributed by atoms with Crippen LogP contribution in [0.2, 0.25) is 0 Å². The van der Waals surface area contributed by atoms with Crippen molar-refractivity contribution in [2.45, 2.75) is 136 Å². The van der Waals surface area contributed by atoms with Gasteiger partial charge >= 0.3 is 5.97 Å². The first-order chi connectivity index (χ1) is 15.2. The maximum absolute atomic E-state index is 11.9. The van der Waals surface area contributed by atoms with Gasteiger partial charge in [-0.3, -0.25) is 4.79 Å². The van der Waals surface area contributed by atoms with Crippen molar-refractivity contribution in [1.82, 2.24) is 5.32 Å². The number of hydrogen-bond acceptors (Lipinski definition) is 5. The number of esters is 1. The summed E-state index contributed by atoms with van der Waals surface area (Å²) in [5.41, 5.74) is 6.67. The van der Waals surface area contributed by atoms with E-state index in [1.54, 1.807) is 0 Å². The number of carbonyl (C=O) groups excluding carboxylic acids is 1. The lowest BCUT2D eigenvalue weighted by Crippen LogP contribution is -2.47. The lowest BCUT2D eigenvalue weighted by molar-refractivity contribution is -0.146. The second kappa shape index (κ2) is 16.1. The van der Waals surface area contributed by atoms with E-state index in [-0.39, 0.29) is 29.4 Å². The van der Waals surface area contributed by atoms with Crippen molar-refractivity contribution in [2.75, 3.05) is 19.7 Å². The summed E-state index contributed by atoms with van der Waals surface area (Å²) in [7, 11) is 0. The van der Waals surface area contributed by atoms with Crippen LogP contribution in [0.25, 0.3) is 0 Å². The zero-order valence-corrected chi connectivity index (χ0v) is 21.7. The van der Waals surface area contributed by atoms with Gasteiger partial charge in [-0.25, -0.2) is 0 Å². The summed E-state index contributed by atoms with van der Waals surface area (Å²) in [6.45, 7) is 10.4. The van der Waals surface area contributed by atoms with Crippen LogP contribution in [-0.2, 0) is 9.53 Å². The predicted octanol–water partition coefficient (Wildman–Crippen LogP) is 5.72. The molecule has 3 atom stereocenters. The number of nitrogens with two attached hydrogens (primary N) is 1. The van der Waals surface area contributed by atoms with Crippen molar-refractivity contribution < 1.29 is 14.6 Å². The average Bonchev–Trinajstić information content (AvgIpc) is 2.68. The first-order valence-corrected chi connectivity index (χ1v) is 13.5. The molecule has 1 fully saturated rings. The van der Waals surface area contributed by atoms with Gasteiger partial charge in [-0.2, -0.15) is 0 Å². The highest BCUT2D eigenvalue weighted by molar-refractivity contribution is 5.69. The number of aliphatic hydroxyl groups is 1. The number of unbranched alkanes of at least 4 members (excludes halogenated alkanes) is 10. The molecule has 4 N–H and O–H groups in total. The van der Waals surface area contributed by atoms with Gasteiger partial charge in [0.1, 0.15) is 12.7 Å². The quantitative estimate of drug-likeness (QED) is 0.182. The van der Waals surface area contributed by atoms with Crippen molar-refractivity contribution in [2.24, 2.45) is 16.6 Å². The lowest BCUT2D eigenvalue weighted by Gasteiger charge is -2.46. The van der Waals surface area contributed by atoms with Gasteiger partial charge in [0.2, 0.25) is 0 Å². The highest BCUT2D eigenvalue weighted by atomic mass is 16.5. The molecule has 5 heteroatoms. The van der Waals surface area contributed by atoms with Crippen LogP contribution < -0.4 is 11.1 Å². The summed E-state index contributed by atoms with van der Waals surface area (Å²) < 4.78 is 5.26. The Balaban J connectivity index is 1.99. The lowest BCUT2D eigenvalue weighted by atomic mass is 9.63. The van der Waals surface area contributed by atoms with Crippen LogP contribution in [-0.4, -0.2) is 42.9 Å². The van der Waals surface area contributed by atoms with Gasteiger partial charge in [-0.05, 0) is 36.5 Å². The van der Waals surface area contributed by atoms with Crippen LogP contribution in [0, 0.1) is 10.8 Å². The maximum Gasteiger partial charge on any atom is 0.305 e. The summed E-state index contributed by atoms with van der Waals surface area (Å²) in [5, 5.41) is 13.5. The summed E-state index contributed by atoms with van der Waals surface area (Å²) >= 11 is 0. The Hall–Kier alpha value is -0.650. The smallest absolute Gasteiger partial charge is 0.305 e. The van der Waals surface area contributed by atoms with E-state index in [2.05, 4.69) is 33.0 Å². The third-order valence-electron chi connectivity index (χ3n) is 6.83. The van der Waals surface area contributed by atoms with Gasteiger partial charge in [-0.15, -0.1) is 0 Å².